The third-order valence-corrected chi connectivity index (χ3v) is 2.98. The first-order chi connectivity index (χ1) is 9.08. The lowest BCUT2D eigenvalue weighted by Gasteiger charge is -2.18. The second-order valence-corrected chi connectivity index (χ2v) is 4.56. The molecule has 1 heterocycles. The van der Waals surface area contributed by atoms with Gasteiger partial charge in [0.25, 0.3) is 0 Å². The zero-order valence-electron chi connectivity index (χ0n) is 11.5. The number of anilines is 1. The molecule has 0 saturated heterocycles. The number of hydrogen-bond acceptors (Lipinski definition) is 4. The Morgan fingerprint density at radius 2 is 2.32 bits per heavy atom. The van der Waals surface area contributed by atoms with Crippen LogP contribution in [0.1, 0.15) is 19.4 Å². The Labute approximate surface area is 113 Å². The monoisotopic (exact) mass is 261 g/mol. The van der Waals surface area contributed by atoms with Gasteiger partial charge in [0, 0.05) is 24.7 Å². The molecule has 102 valence electrons. The normalized spacial score (nSPS) is 15.4. The third kappa shape index (κ3) is 3.24. The highest BCUT2D eigenvalue weighted by Crippen LogP contribution is 2.26. The summed E-state index contributed by atoms with van der Waals surface area (Å²) in [5.41, 5.74) is 1.70. The minimum Gasteiger partial charge on any atom is -0.482 e. The molecule has 1 amide bonds. The van der Waals surface area contributed by atoms with Crippen LogP contribution in [0.5, 0.6) is 5.75 Å². The van der Waals surface area contributed by atoms with E-state index in [0.717, 1.165) is 35.9 Å². The van der Waals surface area contributed by atoms with Gasteiger partial charge < -0.3 is 15.4 Å². The first-order valence-electron chi connectivity index (χ1n) is 6.40. The third-order valence-electron chi connectivity index (χ3n) is 2.98. The number of nitrogens with one attached hydrogen (secondary N) is 2. The number of carbonyl (C=O) groups excluding carboxylic acids is 1. The van der Waals surface area contributed by atoms with Crippen molar-refractivity contribution in [1.82, 2.24) is 5.32 Å². The summed E-state index contributed by atoms with van der Waals surface area (Å²) >= 11 is 0. The van der Waals surface area contributed by atoms with Crippen LogP contribution in [0.4, 0.5) is 5.69 Å². The van der Waals surface area contributed by atoms with Gasteiger partial charge in [-0.15, -0.1) is 0 Å². The van der Waals surface area contributed by atoms with E-state index < -0.39 is 0 Å². The summed E-state index contributed by atoms with van der Waals surface area (Å²) in [6, 6.07) is 5.62. The molecule has 5 nitrogen and oxygen atoms in total. The maximum absolute atomic E-state index is 11.1. The Morgan fingerprint density at radius 3 is 2.95 bits per heavy atom. The van der Waals surface area contributed by atoms with E-state index in [1.807, 2.05) is 32.0 Å². The number of carbonyl (C=O) groups is 1. The first kappa shape index (κ1) is 13.4. The van der Waals surface area contributed by atoms with Gasteiger partial charge in [0.1, 0.15) is 11.6 Å². The quantitative estimate of drug-likeness (QED) is 0.867. The fourth-order valence-corrected chi connectivity index (χ4v) is 2.00. The Balaban J connectivity index is 2.13. The van der Waals surface area contributed by atoms with Gasteiger partial charge in [0.15, 0.2) is 6.10 Å². The van der Waals surface area contributed by atoms with Crippen LogP contribution in [0.2, 0.25) is 0 Å². The topological polar surface area (TPSA) is 62.7 Å². The molecular weight excluding hydrogens is 242 g/mol. The van der Waals surface area contributed by atoms with Crippen molar-refractivity contribution in [1.29, 1.82) is 0 Å². The van der Waals surface area contributed by atoms with E-state index in [1.165, 1.54) is 6.92 Å². The highest BCUT2D eigenvalue weighted by atomic mass is 16.5. The Kier molecular flexibility index (Phi) is 4.04. The number of nitrogens with zero attached hydrogens (tertiary/aromatic N) is 1. The SMILES string of the molecule is CC(=O)Nc1cccc(OC(C)C2=NCCN2)c1C. The smallest absolute Gasteiger partial charge is 0.221 e. The molecule has 1 aliphatic rings. The molecule has 19 heavy (non-hydrogen) atoms. The van der Waals surface area contributed by atoms with Gasteiger partial charge in [0.05, 0.1) is 6.54 Å². The second-order valence-electron chi connectivity index (χ2n) is 4.56. The second kappa shape index (κ2) is 5.73. The Hall–Kier alpha value is -2.04. The minimum atomic E-state index is -0.117. The van der Waals surface area contributed by atoms with E-state index in [4.69, 9.17) is 4.74 Å². The van der Waals surface area contributed by atoms with E-state index in [0.29, 0.717) is 0 Å². The summed E-state index contributed by atoms with van der Waals surface area (Å²) in [5.74, 6) is 1.55. The van der Waals surface area contributed by atoms with Gasteiger partial charge >= 0.3 is 0 Å². The lowest BCUT2D eigenvalue weighted by atomic mass is 10.1. The van der Waals surface area contributed by atoms with Gasteiger partial charge in [-0.25, -0.2) is 0 Å². The number of rotatable bonds is 4. The zero-order chi connectivity index (χ0) is 13.8. The molecule has 2 rings (SSSR count). The summed E-state index contributed by atoms with van der Waals surface area (Å²) in [4.78, 5) is 15.5. The maximum atomic E-state index is 11.1. The number of ether oxygens (including phenoxy) is 1. The molecule has 0 spiro atoms. The van der Waals surface area contributed by atoms with Crippen molar-refractivity contribution in [2.75, 3.05) is 18.4 Å². The molecule has 0 saturated carbocycles. The molecule has 5 heteroatoms. The molecule has 0 aliphatic carbocycles. The summed E-state index contributed by atoms with van der Waals surface area (Å²) in [6.07, 6.45) is -0.117. The number of hydrogen-bond donors (Lipinski definition) is 2. The van der Waals surface area contributed by atoms with E-state index in [2.05, 4.69) is 15.6 Å². The maximum Gasteiger partial charge on any atom is 0.221 e. The van der Waals surface area contributed by atoms with Crippen LogP contribution in [-0.2, 0) is 4.79 Å². The number of amidine groups is 1. The van der Waals surface area contributed by atoms with Crippen LogP contribution in [0.15, 0.2) is 23.2 Å². The molecule has 1 unspecified atom stereocenters. The van der Waals surface area contributed by atoms with Crippen molar-refractivity contribution < 1.29 is 9.53 Å². The minimum absolute atomic E-state index is 0.0878. The highest BCUT2D eigenvalue weighted by molar-refractivity contribution is 5.90. The summed E-state index contributed by atoms with van der Waals surface area (Å²) in [5, 5.41) is 5.99. The van der Waals surface area contributed by atoms with Crippen molar-refractivity contribution in [2.24, 2.45) is 4.99 Å². The van der Waals surface area contributed by atoms with E-state index in [-0.39, 0.29) is 12.0 Å². The summed E-state index contributed by atoms with van der Waals surface area (Å²) in [7, 11) is 0. The zero-order valence-corrected chi connectivity index (χ0v) is 11.5. The molecule has 1 aromatic carbocycles. The molecule has 1 aromatic rings. The van der Waals surface area contributed by atoms with Crippen LogP contribution in [0.3, 0.4) is 0 Å². The summed E-state index contributed by atoms with van der Waals surface area (Å²) in [6.45, 7) is 7.05. The van der Waals surface area contributed by atoms with Crippen molar-refractivity contribution in [2.45, 2.75) is 26.9 Å². The largest absolute Gasteiger partial charge is 0.482 e. The number of benzene rings is 1. The first-order valence-corrected chi connectivity index (χ1v) is 6.40. The molecule has 2 N–H and O–H groups in total. The van der Waals surface area contributed by atoms with Crippen LogP contribution in [0.25, 0.3) is 0 Å². The van der Waals surface area contributed by atoms with Gasteiger partial charge in [-0.05, 0) is 26.0 Å². The van der Waals surface area contributed by atoms with Gasteiger partial charge in [0.2, 0.25) is 5.91 Å². The molecule has 0 radical (unpaired) electrons. The van der Waals surface area contributed by atoms with Crippen molar-refractivity contribution in [3.8, 4) is 5.75 Å². The Bertz CT molecular complexity index is 511. The standard InChI is InChI=1S/C14H19N3O2/c1-9-12(17-11(3)18)5-4-6-13(9)19-10(2)14-15-7-8-16-14/h4-6,10H,7-8H2,1-3H3,(H,15,16)(H,17,18). The fraction of sp³-hybridized carbons (Fsp3) is 0.429. The van der Waals surface area contributed by atoms with E-state index in [1.54, 1.807) is 0 Å². The van der Waals surface area contributed by atoms with E-state index >= 15 is 0 Å². The van der Waals surface area contributed by atoms with Crippen molar-refractivity contribution in [3.05, 3.63) is 23.8 Å². The lowest BCUT2D eigenvalue weighted by molar-refractivity contribution is -0.114. The predicted molar refractivity (Wildman–Crippen MR) is 75.9 cm³/mol. The average molecular weight is 261 g/mol. The lowest BCUT2D eigenvalue weighted by Crippen LogP contribution is -2.33. The van der Waals surface area contributed by atoms with Gasteiger partial charge in [-0.2, -0.15) is 0 Å². The molecular formula is C14H19N3O2. The predicted octanol–water partition coefficient (Wildman–Crippen LogP) is 1.72. The van der Waals surface area contributed by atoms with Crippen LogP contribution in [0, 0.1) is 6.92 Å². The molecule has 0 bridgehead atoms. The fourth-order valence-electron chi connectivity index (χ4n) is 2.00. The summed E-state index contributed by atoms with van der Waals surface area (Å²) < 4.78 is 5.91. The molecule has 0 aromatic heterocycles. The number of amides is 1. The molecule has 1 aliphatic heterocycles. The number of aliphatic imine (C=N–C) groups is 1. The van der Waals surface area contributed by atoms with Crippen LogP contribution >= 0.6 is 0 Å². The van der Waals surface area contributed by atoms with E-state index in [9.17, 15) is 4.79 Å². The van der Waals surface area contributed by atoms with Crippen molar-refractivity contribution >= 4 is 17.4 Å². The average Bonchev–Trinajstić information content (AvgIpc) is 2.87. The highest BCUT2D eigenvalue weighted by Gasteiger charge is 2.17. The van der Waals surface area contributed by atoms with Crippen LogP contribution in [-0.4, -0.2) is 30.9 Å². The Morgan fingerprint density at radius 1 is 1.53 bits per heavy atom. The van der Waals surface area contributed by atoms with Crippen molar-refractivity contribution in [3.63, 3.8) is 0 Å². The molecule has 0 fully saturated rings. The van der Waals surface area contributed by atoms with Gasteiger partial charge in [-0.1, -0.05) is 6.07 Å². The molecule has 1 atom stereocenters. The van der Waals surface area contributed by atoms with Gasteiger partial charge in [-0.3, -0.25) is 9.79 Å². The van der Waals surface area contributed by atoms with Crippen LogP contribution < -0.4 is 15.4 Å².